The van der Waals surface area contributed by atoms with Crippen molar-refractivity contribution in [3.8, 4) is 0 Å². The lowest BCUT2D eigenvalue weighted by molar-refractivity contribution is -0.136. The van der Waals surface area contributed by atoms with Gasteiger partial charge in [-0.1, -0.05) is 6.07 Å². The maximum atomic E-state index is 12.9. The molecule has 10 nitrogen and oxygen atoms in total. The van der Waals surface area contributed by atoms with Crippen molar-refractivity contribution in [1.82, 2.24) is 20.1 Å². The molecular formula is C29H35N5O5. The number of Topliss-reactive ketones (excluding diaryl/α,β-unsaturated/α-hetero) is 1. The molecule has 1 N–H and O–H groups in total. The first-order valence-electron chi connectivity index (χ1n) is 13.7. The Labute approximate surface area is 228 Å². The van der Waals surface area contributed by atoms with Crippen molar-refractivity contribution >= 4 is 29.2 Å². The quantitative estimate of drug-likeness (QED) is 0.486. The highest BCUT2D eigenvalue weighted by Gasteiger charge is 2.50. The van der Waals surface area contributed by atoms with E-state index in [1.165, 1.54) is 0 Å². The van der Waals surface area contributed by atoms with Crippen molar-refractivity contribution in [3.05, 3.63) is 59.9 Å². The van der Waals surface area contributed by atoms with Crippen molar-refractivity contribution in [1.29, 1.82) is 0 Å². The van der Waals surface area contributed by atoms with Crippen LogP contribution in [0, 0.1) is 0 Å². The number of amides is 3. The number of ketones is 1. The maximum Gasteiger partial charge on any atom is 0.251 e. The molecule has 1 aromatic carbocycles. The predicted octanol–water partition coefficient (Wildman–Crippen LogP) is 1.44. The molecule has 2 unspecified atom stereocenters. The molecule has 3 aliphatic heterocycles. The van der Waals surface area contributed by atoms with Gasteiger partial charge in [0, 0.05) is 56.2 Å². The van der Waals surface area contributed by atoms with E-state index in [1.807, 2.05) is 30.3 Å². The number of morpholine rings is 1. The number of benzene rings is 1. The van der Waals surface area contributed by atoms with Crippen LogP contribution in [0.15, 0.2) is 48.8 Å². The zero-order chi connectivity index (χ0) is 27.2. The summed E-state index contributed by atoms with van der Waals surface area (Å²) in [6, 6.07) is 10.4. The normalized spacial score (nSPS) is 20.7. The van der Waals surface area contributed by atoms with Crippen molar-refractivity contribution in [2.24, 2.45) is 0 Å². The molecule has 3 fully saturated rings. The van der Waals surface area contributed by atoms with E-state index < -0.39 is 6.04 Å². The highest BCUT2D eigenvalue weighted by atomic mass is 16.5. The van der Waals surface area contributed by atoms with Crippen LogP contribution in [-0.4, -0.2) is 96.3 Å². The summed E-state index contributed by atoms with van der Waals surface area (Å²) in [6.45, 7) is 4.13. The van der Waals surface area contributed by atoms with Crippen LogP contribution in [0.5, 0.6) is 0 Å². The fraction of sp³-hybridized carbons (Fsp3) is 0.483. The van der Waals surface area contributed by atoms with Gasteiger partial charge in [0.05, 0.1) is 32.2 Å². The molecule has 39 heavy (non-hydrogen) atoms. The summed E-state index contributed by atoms with van der Waals surface area (Å²) < 4.78 is 5.38. The second-order valence-electron chi connectivity index (χ2n) is 10.3. The molecule has 2 aromatic rings. The van der Waals surface area contributed by atoms with E-state index in [-0.39, 0.29) is 42.5 Å². The van der Waals surface area contributed by atoms with Gasteiger partial charge in [0.1, 0.15) is 6.04 Å². The number of hydrogen-bond donors (Lipinski definition) is 1. The number of fused-ring (bicyclic) bond motifs is 1. The SMILES string of the molecule is O=C(NCCCCC(=O)N1CCC2C1C(=O)CN2C(=O)Cc1cccnc1)c1ccc(N2CCOCC2)cc1. The molecule has 4 heterocycles. The number of nitrogens with zero attached hydrogens (tertiary/aromatic N) is 4. The molecule has 206 valence electrons. The number of carbonyl (C=O) groups excluding carboxylic acids is 4. The van der Waals surface area contributed by atoms with Gasteiger partial charge in [0.15, 0.2) is 5.78 Å². The first kappa shape index (κ1) is 26.8. The Morgan fingerprint density at radius 1 is 0.974 bits per heavy atom. The summed E-state index contributed by atoms with van der Waals surface area (Å²) in [5.74, 6) is -0.380. The third-order valence-electron chi connectivity index (χ3n) is 7.75. The maximum absolute atomic E-state index is 12.9. The third-order valence-corrected chi connectivity index (χ3v) is 7.75. The number of ether oxygens (including phenoxy) is 1. The van der Waals surface area contributed by atoms with Crippen LogP contribution in [0.2, 0.25) is 0 Å². The molecule has 5 rings (SSSR count). The van der Waals surface area contributed by atoms with Gasteiger partial charge < -0.3 is 24.8 Å². The van der Waals surface area contributed by atoms with Gasteiger partial charge >= 0.3 is 0 Å². The molecule has 0 aliphatic carbocycles. The number of likely N-dealkylation sites (tertiary alicyclic amines) is 2. The minimum absolute atomic E-state index is 0.0532. The Morgan fingerprint density at radius 3 is 2.51 bits per heavy atom. The number of rotatable bonds is 9. The van der Waals surface area contributed by atoms with Crippen LogP contribution in [0.25, 0.3) is 0 Å². The van der Waals surface area contributed by atoms with Crippen molar-refractivity contribution in [2.45, 2.75) is 44.2 Å². The zero-order valence-electron chi connectivity index (χ0n) is 22.1. The van der Waals surface area contributed by atoms with E-state index in [0.29, 0.717) is 57.6 Å². The Bertz CT molecular complexity index is 1180. The summed E-state index contributed by atoms with van der Waals surface area (Å²) in [6.07, 6.45) is 5.70. The monoisotopic (exact) mass is 533 g/mol. The molecule has 3 saturated heterocycles. The van der Waals surface area contributed by atoms with Crippen LogP contribution in [0.1, 0.15) is 41.6 Å². The number of hydrogen-bond acceptors (Lipinski definition) is 7. The van der Waals surface area contributed by atoms with Crippen molar-refractivity contribution in [2.75, 3.05) is 50.8 Å². The average molecular weight is 534 g/mol. The third kappa shape index (κ3) is 6.27. The van der Waals surface area contributed by atoms with E-state index in [1.54, 1.807) is 28.3 Å². The summed E-state index contributed by atoms with van der Waals surface area (Å²) in [7, 11) is 0. The molecule has 3 aliphatic rings. The molecule has 10 heteroatoms. The zero-order valence-corrected chi connectivity index (χ0v) is 22.1. The molecule has 1 aromatic heterocycles. The molecule has 0 radical (unpaired) electrons. The minimum atomic E-state index is -0.546. The first-order chi connectivity index (χ1) is 19.0. The van der Waals surface area contributed by atoms with Gasteiger partial charge in [-0.2, -0.15) is 0 Å². The highest BCUT2D eigenvalue weighted by Crippen LogP contribution is 2.31. The van der Waals surface area contributed by atoms with E-state index >= 15 is 0 Å². The summed E-state index contributed by atoms with van der Waals surface area (Å²) in [5, 5.41) is 2.92. The summed E-state index contributed by atoms with van der Waals surface area (Å²) in [4.78, 5) is 60.7. The Hall–Kier alpha value is -3.79. The molecule has 0 saturated carbocycles. The number of aromatic nitrogens is 1. The fourth-order valence-electron chi connectivity index (χ4n) is 5.70. The molecule has 3 amide bonds. The van der Waals surface area contributed by atoms with Gasteiger partial charge in [-0.05, 0) is 55.2 Å². The highest BCUT2D eigenvalue weighted by molar-refractivity contribution is 5.98. The second-order valence-corrected chi connectivity index (χ2v) is 10.3. The van der Waals surface area contributed by atoms with E-state index in [0.717, 1.165) is 24.3 Å². The Kier molecular flexibility index (Phi) is 8.51. The molecule has 0 bridgehead atoms. The molecular weight excluding hydrogens is 498 g/mol. The van der Waals surface area contributed by atoms with Crippen LogP contribution in [0.4, 0.5) is 5.69 Å². The number of carbonyl (C=O) groups is 4. The molecule has 0 spiro atoms. The minimum Gasteiger partial charge on any atom is -0.378 e. The smallest absolute Gasteiger partial charge is 0.251 e. The van der Waals surface area contributed by atoms with Gasteiger partial charge in [0.25, 0.3) is 5.91 Å². The van der Waals surface area contributed by atoms with Gasteiger partial charge in [-0.25, -0.2) is 0 Å². The first-order valence-corrected chi connectivity index (χ1v) is 13.7. The van der Waals surface area contributed by atoms with Crippen molar-refractivity contribution < 1.29 is 23.9 Å². The van der Waals surface area contributed by atoms with Crippen LogP contribution in [0.3, 0.4) is 0 Å². The lowest BCUT2D eigenvalue weighted by atomic mass is 10.1. The lowest BCUT2D eigenvalue weighted by Gasteiger charge is -2.28. The molecule has 2 atom stereocenters. The van der Waals surface area contributed by atoms with Gasteiger partial charge in [0.2, 0.25) is 11.8 Å². The average Bonchev–Trinajstić information content (AvgIpc) is 3.55. The van der Waals surface area contributed by atoms with Crippen LogP contribution >= 0.6 is 0 Å². The summed E-state index contributed by atoms with van der Waals surface area (Å²) in [5.41, 5.74) is 2.49. The fourth-order valence-corrected chi connectivity index (χ4v) is 5.70. The topological polar surface area (TPSA) is 112 Å². The predicted molar refractivity (Wildman–Crippen MR) is 144 cm³/mol. The van der Waals surface area contributed by atoms with Crippen LogP contribution in [-0.2, 0) is 25.5 Å². The van der Waals surface area contributed by atoms with Gasteiger partial charge in [-0.15, -0.1) is 0 Å². The van der Waals surface area contributed by atoms with E-state index in [9.17, 15) is 19.2 Å². The lowest BCUT2D eigenvalue weighted by Crippen LogP contribution is -2.43. The van der Waals surface area contributed by atoms with E-state index in [2.05, 4.69) is 15.2 Å². The van der Waals surface area contributed by atoms with Crippen LogP contribution < -0.4 is 10.2 Å². The Morgan fingerprint density at radius 2 is 1.77 bits per heavy atom. The van der Waals surface area contributed by atoms with E-state index in [4.69, 9.17) is 4.74 Å². The number of anilines is 1. The standard InChI is InChI=1S/C29H35N5O5/c35-25-20-34(27(37)18-21-4-3-11-30-19-21)24-10-13-33(28(24)25)26(36)5-1-2-12-31-29(38)22-6-8-23(9-7-22)32-14-16-39-17-15-32/h3-4,6-9,11,19,24,28H,1-2,5,10,12-18,20H2,(H,31,38). The number of nitrogens with one attached hydrogen (secondary N) is 1. The second kappa shape index (κ2) is 12.4. The Balaban J connectivity index is 1.03. The largest absolute Gasteiger partial charge is 0.378 e. The number of pyridine rings is 1. The summed E-state index contributed by atoms with van der Waals surface area (Å²) >= 11 is 0. The van der Waals surface area contributed by atoms with Gasteiger partial charge in [-0.3, -0.25) is 24.2 Å². The number of unbranched alkanes of at least 4 members (excludes halogenated alkanes) is 1. The van der Waals surface area contributed by atoms with Crippen molar-refractivity contribution in [3.63, 3.8) is 0 Å².